The maximum Gasteiger partial charge on any atom is -0.0275 e. The van der Waals surface area contributed by atoms with Crippen LogP contribution in [0.15, 0.2) is 30.3 Å². The summed E-state index contributed by atoms with van der Waals surface area (Å²) >= 11 is 0. The molecule has 0 amide bonds. The van der Waals surface area contributed by atoms with Crippen LogP contribution < -0.4 is 0 Å². The Kier molecular flexibility index (Phi) is 4.01. The summed E-state index contributed by atoms with van der Waals surface area (Å²) in [6, 6.07) is 10.7. The molecule has 0 aliphatic rings. The minimum absolute atomic E-state index is 0.750. The molecule has 1 atom stereocenters. The van der Waals surface area contributed by atoms with Crippen molar-refractivity contribution in [3.63, 3.8) is 0 Å². The summed E-state index contributed by atoms with van der Waals surface area (Å²) < 4.78 is 0. The number of rotatable bonds is 4. The Morgan fingerprint density at radius 1 is 1.15 bits per heavy atom. The van der Waals surface area contributed by atoms with Crippen molar-refractivity contribution in [1.29, 1.82) is 0 Å². The first-order chi connectivity index (χ1) is 6.20. The predicted molar refractivity (Wildman–Crippen MR) is 58.5 cm³/mol. The van der Waals surface area contributed by atoms with Gasteiger partial charge in [-0.2, -0.15) is 0 Å². The molecule has 0 heterocycles. The van der Waals surface area contributed by atoms with Crippen LogP contribution in [0.1, 0.15) is 32.8 Å². The number of hydrogen-bond acceptors (Lipinski definition) is 0. The maximum absolute atomic E-state index is 2.30. The van der Waals surface area contributed by atoms with E-state index in [4.69, 9.17) is 0 Å². The first-order valence-corrected chi connectivity index (χ1v) is 5.04. The number of hydrogen-bond donors (Lipinski definition) is 0. The molecule has 1 rings (SSSR count). The fourth-order valence-electron chi connectivity index (χ4n) is 1.32. The summed E-state index contributed by atoms with van der Waals surface area (Å²) in [5, 5.41) is 0. The summed E-state index contributed by atoms with van der Waals surface area (Å²) in [4.78, 5) is 0. The van der Waals surface area contributed by atoms with E-state index in [9.17, 15) is 0 Å². The Morgan fingerprint density at radius 3 is 2.31 bits per heavy atom. The first-order valence-electron chi connectivity index (χ1n) is 5.04. The van der Waals surface area contributed by atoms with Crippen LogP contribution >= 0.6 is 0 Å². The Bertz CT molecular complexity index is 223. The summed E-state index contributed by atoms with van der Waals surface area (Å²) in [5.74, 6) is 2.29. The van der Waals surface area contributed by atoms with Gasteiger partial charge in [0.25, 0.3) is 0 Å². The summed E-state index contributed by atoms with van der Waals surface area (Å²) in [5.41, 5.74) is 1.45. The lowest BCUT2D eigenvalue weighted by atomic mass is 9.91. The molecule has 0 bridgehead atoms. The third kappa shape index (κ3) is 3.63. The highest BCUT2D eigenvalue weighted by Gasteiger charge is 2.06. The van der Waals surface area contributed by atoms with E-state index in [1.54, 1.807) is 0 Å². The van der Waals surface area contributed by atoms with Crippen LogP contribution in [0, 0.1) is 11.8 Å². The lowest BCUT2D eigenvalue weighted by molar-refractivity contribution is 0.552. The monoisotopic (exact) mass is 175 g/mol. The molecule has 13 heavy (non-hydrogen) atoms. The smallest absolute Gasteiger partial charge is 0.0275 e. The molecule has 0 fully saturated rings. The van der Waals surface area contributed by atoms with Crippen LogP contribution in [0.25, 0.3) is 0 Å². The van der Waals surface area contributed by atoms with Crippen LogP contribution in [0.3, 0.4) is 0 Å². The fourth-order valence-corrected chi connectivity index (χ4v) is 1.32. The van der Waals surface area contributed by atoms with Gasteiger partial charge in [-0.3, -0.25) is 0 Å². The molecule has 1 unspecified atom stereocenters. The van der Waals surface area contributed by atoms with Crippen LogP contribution in [0.2, 0.25) is 0 Å². The van der Waals surface area contributed by atoms with Gasteiger partial charge in [0, 0.05) is 0 Å². The van der Waals surface area contributed by atoms with Gasteiger partial charge in [0.15, 0.2) is 0 Å². The third-order valence-electron chi connectivity index (χ3n) is 2.69. The van der Waals surface area contributed by atoms with Gasteiger partial charge < -0.3 is 0 Å². The highest BCUT2D eigenvalue weighted by molar-refractivity contribution is 5.14. The van der Waals surface area contributed by atoms with E-state index >= 15 is 0 Å². The lowest BCUT2D eigenvalue weighted by Crippen LogP contribution is -2.03. The van der Waals surface area contributed by atoms with Crippen molar-refractivity contribution in [2.75, 3.05) is 0 Å². The highest BCUT2D eigenvalue weighted by atomic mass is 14.1. The summed E-state index contributed by atoms with van der Waals surface area (Å²) in [6.45, 7) is 6.74. The third-order valence-corrected chi connectivity index (χ3v) is 2.69. The van der Waals surface area contributed by atoms with Gasteiger partial charge >= 0.3 is 0 Å². The fraction of sp³-hybridized carbons (Fsp3) is 0.462. The van der Waals surface area contributed by atoms with Crippen molar-refractivity contribution in [2.24, 2.45) is 5.92 Å². The van der Waals surface area contributed by atoms with Crippen LogP contribution in [0.4, 0.5) is 0 Å². The maximum atomic E-state index is 2.30. The molecule has 1 aromatic carbocycles. The van der Waals surface area contributed by atoms with Crippen molar-refractivity contribution in [2.45, 2.75) is 33.6 Å². The van der Waals surface area contributed by atoms with E-state index in [-0.39, 0.29) is 0 Å². The molecular weight excluding hydrogens is 156 g/mol. The van der Waals surface area contributed by atoms with E-state index in [1.165, 1.54) is 24.3 Å². The van der Waals surface area contributed by atoms with Crippen molar-refractivity contribution in [3.05, 3.63) is 41.8 Å². The SMILES string of the molecule is C[C](C)C(C)CCc1ccccc1. The normalized spacial score (nSPS) is 13.2. The molecule has 1 aromatic rings. The molecule has 71 valence electrons. The molecule has 0 N–H and O–H groups in total. The largest absolute Gasteiger partial charge is 0.0622 e. The molecule has 1 radical (unpaired) electrons. The molecule has 0 spiro atoms. The molecule has 0 aromatic heterocycles. The average Bonchev–Trinajstić information content (AvgIpc) is 2.15. The zero-order chi connectivity index (χ0) is 9.68. The zero-order valence-corrected chi connectivity index (χ0v) is 8.88. The molecule has 0 aliphatic carbocycles. The minimum atomic E-state index is 0.750. The molecule has 0 saturated heterocycles. The summed E-state index contributed by atoms with van der Waals surface area (Å²) in [7, 11) is 0. The molecule has 0 heteroatoms. The Hall–Kier alpha value is -0.780. The van der Waals surface area contributed by atoms with E-state index in [0.717, 1.165) is 5.92 Å². The minimum Gasteiger partial charge on any atom is -0.0622 e. The lowest BCUT2D eigenvalue weighted by Gasteiger charge is -2.14. The second kappa shape index (κ2) is 5.06. The van der Waals surface area contributed by atoms with Crippen molar-refractivity contribution in [3.8, 4) is 0 Å². The van der Waals surface area contributed by atoms with Gasteiger partial charge in [-0.25, -0.2) is 0 Å². The van der Waals surface area contributed by atoms with Gasteiger partial charge in [0.2, 0.25) is 0 Å². The highest BCUT2D eigenvalue weighted by Crippen LogP contribution is 2.18. The molecular formula is C13H19. The Morgan fingerprint density at radius 2 is 1.77 bits per heavy atom. The van der Waals surface area contributed by atoms with Gasteiger partial charge in [-0.1, -0.05) is 51.1 Å². The molecule has 0 saturated carbocycles. The van der Waals surface area contributed by atoms with E-state index < -0.39 is 0 Å². The van der Waals surface area contributed by atoms with Gasteiger partial charge in [-0.05, 0) is 30.2 Å². The van der Waals surface area contributed by atoms with Gasteiger partial charge in [0.05, 0.1) is 0 Å². The number of aryl methyl sites for hydroxylation is 1. The Balaban J connectivity index is 2.35. The van der Waals surface area contributed by atoms with E-state index in [2.05, 4.69) is 51.1 Å². The summed E-state index contributed by atoms with van der Waals surface area (Å²) in [6.07, 6.45) is 2.47. The van der Waals surface area contributed by atoms with E-state index in [0.29, 0.717) is 0 Å². The van der Waals surface area contributed by atoms with Crippen molar-refractivity contribution < 1.29 is 0 Å². The van der Waals surface area contributed by atoms with Crippen molar-refractivity contribution >= 4 is 0 Å². The van der Waals surface area contributed by atoms with Crippen LogP contribution in [-0.2, 0) is 6.42 Å². The molecule has 0 nitrogen and oxygen atoms in total. The van der Waals surface area contributed by atoms with Crippen LogP contribution in [-0.4, -0.2) is 0 Å². The first kappa shape index (κ1) is 10.3. The zero-order valence-electron chi connectivity index (χ0n) is 8.88. The quantitative estimate of drug-likeness (QED) is 0.651. The number of benzene rings is 1. The molecule has 0 aliphatic heterocycles. The second-order valence-electron chi connectivity index (χ2n) is 4.00. The second-order valence-corrected chi connectivity index (χ2v) is 4.00. The average molecular weight is 175 g/mol. The Labute approximate surface area is 82.0 Å². The predicted octanol–water partition coefficient (Wildman–Crippen LogP) is 3.87. The van der Waals surface area contributed by atoms with Gasteiger partial charge in [-0.15, -0.1) is 0 Å². The topological polar surface area (TPSA) is 0 Å². The van der Waals surface area contributed by atoms with Crippen LogP contribution in [0.5, 0.6) is 0 Å². The van der Waals surface area contributed by atoms with Gasteiger partial charge in [0.1, 0.15) is 0 Å². The van der Waals surface area contributed by atoms with Crippen molar-refractivity contribution in [1.82, 2.24) is 0 Å². The van der Waals surface area contributed by atoms with E-state index in [1.807, 2.05) is 0 Å². The standard InChI is InChI=1S/C13H19/c1-11(2)12(3)9-10-13-7-5-4-6-8-13/h4-8,12H,9-10H2,1-3H3.